The topological polar surface area (TPSA) is 59.7 Å². The van der Waals surface area contributed by atoms with Gasteiger partial charge in [-0.25, -0.2) is 23.0 Å². The van der Waals surface area contributed by atoms with E-state index in [-0.39, 0.29) is 13.1 Å². The molecule has 2 aromatic rings. The lowest BCUT2D eigenvalue weighted by molar-refractivity contribution is 0.136. The Morgan fingerprint density at radius 3 is 2.55 bits per heavy atom. The van der Waals surface area contributed by atoms with Gasteiger partial charge in [0.1, 0.15) is 17.5 Å². The Labute approximate surface area is 165 Å². The molecule has 1 atom stereocenters. The number of urea groups is 1. The number of carbonyl (C=O) groups excluding carboxylic acids is 1. The Hall–Kier alpha value is -3.60. The van der Waals surface area contributed by atoms with Crippen molar-refractivity contribution >= 4 is 18.3 Å². The van der Waals surface area contributed by atoms with Crippen LogP contribution in [0.4, 0.5) is 18.0 Å². The SMILES string of the molecule is N#Cc1ccc(F)c(C=C2CN(C(=O)N3N=CCC3c3cc(F)cc(F)c3)C2)c1. The van der Waals surface area contributed by atoms with Crippen LogP contribution in [-0.4, -0.2) is 35.2 Å². The first kappa shape index (κ1) is 18.7. The number of benzene rings is 2. The number of nitrogens with zero attached hydrogens (tertiary/aromatic N) is 4. The summed E-state index contributed by atoms with van der Waals surface area (Å²) < 4.78 is 41.0. The van der Waals surface area contributed by atoms with Gasteiger partial charge in [-0.05, 0) is 47.5 Å². The molecule has 2 aliphatic heterocycles. The Morgan fingerprint density at radius 2 is 1.86 bits per heavy atom. The maximum atomic E-state index is 13.9. The van der Waals surface area contributed by atoms with Crippen LogP contribution >= 0.6 is 0 Å². The highest BCUT2D eigenvalue weighted by molar-refractivity contribution is 5.81. The Kier molecular flexibility index (Phi) is 4.80. The molecule has 0 N–H and O–H groups in total. The zero-order valence-corrected chi connectivity index (χ0v) is 15.1. The average Bonchev–Trinajstić information content (AvgIpc) is 3.14. The third-order valence-corrected chi connectivity index (χ3v) is 4.84. The summed E-state index contributed by atoms with van der Waals surface area (Å²) in [7, 11) is 0. The van der Waals surface area contributed by atoms with Gasteiger partial charge in [0, 0.05) is 37.4 Å². The summed E-state index contributed by atoms with van der Waals surface area (Å²) in [5.41, 5.74) is 1.80. The summed E-state index contributed by atoms with van der Waals surface area (Å²) in [5.74, 6) is -1.87. The molecule has 1 unspecified atom stereocenters. The molecule has 0 aromatic heterocycles. The fourth-order valence-electron chi connectivity index (χ4n) is 3.40. The lowest BCUT2D eigenvalue weighted by atomic mass is 10.0. The number of halogens is 3. The summed E-state index contributed by atoms with van der Waals surface area (Å²) in [6.45, 7) is 0.566. The molecule has 2 amide bonds. The van der Waals surface area contributed by atoms with Gasteiger partial charge < -0.3 is 4.90 Å². The second kappa shape index (κ2) is 7.43. The molecule has 0 radical (unpaired) electrons. The van der Waals surface area contributed by atoms with E-state index in [0.717, 1.165) is 11.6 Å². The highest BCUT2D eigenvalue weighted by Crippen LogP contribution is 2.32. The van der Waals surface area contributed by atoms with E-state index in [1.54, 1.807) is 6.08 Å². The van der Waals surface area contributed by atoms with Crippen LogP contribution in [-0.2, 0) is 0 Å². The predicted molar refractivity (Wildman–Crippen MR) is 100 cm³/mol. The first-order chi connectivity index (χ1) is 13.9. The molecule has 2 aromatic carbocycles. The number of hydrogen-bond acceptors (Lipinski definition) is 3. The van der Waals surface area contributed by atoms with Gasteiger partial charge in [-0.15, -0.1) is 0 Å². The summed E-state index contributed by atoms with van der Waals surface area (Å²) in [6.07, 6.45) is 3.51. The zero-order valence-electron chi connectivity index (χ0n) is 15.1. The summed E-state index contributed by atoms with van der Waals surface area (Å²) in [4.78, 5) is 14.3. The number of rotatable bonds is 2. The molecule has 0 spiro atoms. The molecule has 8 heteroatoms. The number of hydrazone groups is 1. The van der Waals surface area contributed by atoms with E-state index in [9.17, 15) is 18.0 Å². The van der Waals surface area contributed by atoms with E-state index in [0.29, 0.717) is 23.1 Å². The first-order valence-electron chi connectivity index (χ1n) is 8.90. The standard InChI is InChI=1S/C21H15F3N4O/c22-17-7-16(8-18(23)9-17)20-3-4-26-28(20)21(29)27-11-14(12-27)6-15-5-13(10-25)1-2-19(15)24/h1-2,4-9,20H,3,11-12H2. The van der Waals surface area contributed by atoms with Gasteiger partial charge in [0.25, 0.3) is 0 Å². The van der Waals surface area contributed by atoms with Gasteiger partial charge in [-0.2, -0.15) is 10.4 Å². The normalized spacial score (nSPS) is 17.9. The smallest absolute Gasteiger partial charge is 0.315 e. The van der Waals surface area contributed by atoms with E-state index >= 15 is 0 Å². The van der Waals surface area contributed by atoms with E-state index in [1.807, 2.05) is 6.07 Å². The van der Waals surface area contributed by atoms with Gasteiger partial charge in [-0.3, -0.25) is 0 Å². The highest BCUT2D eigenvalue weighted by atomic mass is 19.1. The number of hydrogen-bond donors (Lipinski definition) is 0. The van der Waals surface area contributed by atoms with Gasteiger partial charge in [0.2, 0.25) is 0 Å². The van der Waals surface area contributed by atoms with Crippen molar-refractivity contribution in [1.29, 1.82) is 5.26 Å². The number of carbonyl (C=O) groups is 1. The van der Waals surface area contributed by atoms with Crippen LogP contribution in [0.3, 0.4) is 0 Å². The molecule has 0 saturated carbocycles. The molecule has 2 heterocycles. The number of nitriles is 1. The van der Waals surface area contributed by atoms with E-state index < -0.39 is 29.5 Å². The van der Waals surface area contributed by atoms with Crippen molar-refractivity contribution in [3.63, 3.8) is 0 Å². The summed E-state index contributed by atoms with van der Waals surface area (Å²) in [5, 5.41) is 14.2. The minimum Gasteiger partial charge on any atom is -0.315 e. The average molecular weight is 396 g/mol. The molecule has 5 nitrogen and oxygen atoms in total. The van der Waals surface area contributed by atoms with Crippen LogP contribution < -0.4 is 0 Å². The van der Waals surface area contributed by atoms with Crippen molar-refractivity contribution in [2.24, 2.45) is 5.10 Å². The fourth-order valence-corrected chi connectivity index (χ4v) is 3.40. The lowest BCUT2D eigenvalue weighted by Gasteiger charge is -2.37. The van der Waals surface area contributed by atoms with Crippen molar-refractivity contribution in [1.82, 2.24) is 9.91 Å². The van der Waals surface area contributed by atoms with Gasteiger partial charge in [0.05, 0.1) is 17.7 Å². The molecular formula is C21H15F3N4O. The minimum atomic E-state index is -0.713. The molecule has 29 heavy (non-hydrogen) atoms. The van der Waals surface area contributed by atoms with Crippen LogP contribution in [0.15, 0.2) is 47.1 Å². The lowest BCUT2D eigenvalue weighted by Crippen LogP contribution is -2.49. The van der Waals surface area contributed by atoms with Crippen LogP contribution in [0.5, 0.6) is 0 Å². The van der Waals surface area contributed by atoms with E-state index in [4.69, 9.17) is 5.26 Å². The van der Waals surface area contributed by atoms with Crippen molar-refractivity contribution in [3.05, 3.63) is 76.1 Å². The monoisotopic (exact) mass is 396 g/mol. The van der Waals surface area contributed by atoms with Gasteiger partial charge >= 0.3 is 6.03 Å². The highest BCUT2D eigenvalue weighted by Gasteiger charge is 2.35. The third-order valence-electron chi connectivity index (χ3n) is 4.84. The Morgan fingerprint density at radius 1 is 1.14 bits per heavy atom. The molecular weight excluding hydrogens is 381 g/mol. The molecule has 1 fully saturated rings. The molecule has 2 aliphatic rings. The Balaban J connectivity index is 1.46. The molecule has 146 valence electrons. The second-order valence-electron chi connectivity index (χ2n) is 6.89. The number of likely N-dealkylation sites (tertiary alicyclic amines) is 1. The van der Waals surface area contributed by atoms with Crippen LogP contribution in [0.25, 0.3) is 6.08 Å². The third kappa shape index (κ3) is 3.72. The molecule has 4 rings (SSSR count). The van der Waals surface area contributed by atoms with Gasteiger partial charge in [-0.1, -0.05) is 0 Å². The minimum absolute atomic E-state index is 0.283. The molecule has 0 bridgehead atoms. The van der Waals surface area contributed by atoms with Gasteiger partial charge in [0.15, 0.2) is 0 Å². The fraction of sp³-hybridized carbons (Fsp3) is 0.190. The van der Waals surface area contributed by atoms with Crippen molar-refractivity contribution in [2.45, 2.75) is 12.5 Å². The second-order valence-corrected chi connectivity index (χ2v) is 6.89. The van der Waals surface area contributed by atoms with Crippen molar-refractivity contribution in [3.8, 4) is 6.07 Å². The van der Waals surface area contributed by atoms with Crippen LogP contribution in [0.1, 0.15) is 29.2 Å². The van der Waals surface area contributed by atoms with E-state index in [1.165, 1.54) is 46.5 Å². The van der Waals surface area contributed by atoms with E-state index in [2.05, 4.69) is 5.10 Å². The molecule has 1 saturated heterocycles. The van der Waals surface area contributed by atoms with Crippen LogP contribution in [0.2, 0.25) is 0 Å². The quantitative estimate of drug-likeness (QED) is 0.763. The summed E-state index contributed by atoms with van der Waals surface area (Å²) in [6, 6.07) is 8.22. The zero-order chi connectivity index (χ0) is 20.5. The maximum absolute atomic E-state index is 13.9. The van der Waals surface area contributed by atoms with Crippen LogP contribution in [0, 0.1) is 28.8 Å². The largest absolute Gasteiger partial charge is 0.341 e. The maximum Gasteiger partial charge on any atom is 0.341 e. The van der Waals surface area contributed by atoms with Crippen molar-refractivity contribution in [2.75, 3.05) is 13.1 Å². The van der Waals surface area contributed by atoms with Crippen molar-refractivity contribution < 1.29 is 18.0 Å². The summed E-state index contributed by atoms with van der Waals surface area (Å²) >= 11 is 0. The predicted octanol–water partition coefficient (Wildman–Crippen LogP) is 4.23. The molecule has 0 aliphatic carbocycles. The Bertz CT molecular complexity index is 1060. The first-order valence-corrected chi connectivity index (χ1v) is 8.90. The number of amides is 2.